The predicted octanol–water partition coefficient (Wildman–Crippen LogP) is 0.446. The number of carbonyl (C=O) groups is 2. The van der Waals surface area contributed by atoms with Gasteiger partial charge in [-0.3, -0.25) is 9.59 Å². The second-order valence-electron chi connectivity index (χ2n) is 3.59. The first kappa shape index (κ1) is 11.0. The first-order chi connectivity index (χ1) is 6.56. The minimum absolute atomic E-state index is 0. The van der Waals surface area contributed by atoms with Crippen molar-refractivity contribution in [3.8, 4) is 0 Å². The van der Waals surface area contributed by atoms with Gasteiger partial charge in [-0.2, -0.15) is 0 Å². The number of carbonyl (C=O) groups excluding carboxylic acids is 1. The van der Waals surface area contributed by atoms with E-state index < -0.39 is 11.9 Å². The molecule has 0 bridgehead atoms. The first-order valence-corrected chi connectivity index (χ1v) is 4.57. The molecular formula is C9H19NO4. The fraction of sp³-hybridized carbons (Fsp3) is 0.778. The summed E-state index contributed by atoms with van der Waals surface area (Å²) < 4.78 is 4.92. The van der Waals surface area contributed by atoms with Crippen molar-refractivity contribution < 1.29 is 22.3 Å². The summed E-state index contributed by atoms with van der Waals surface area (Å²) in [6.07, 6.45) is 0.114. The fourth-order valence-corrected chi connectivity index (χ4v) is 1.65. The number of aliphatic carboxylic acids is 1. The van der Waals surface area contributed by atoms with Crippen molar-refractivity contribution in [2.24, 2.45) is 5.92 Å². The number of hydrogen-bond acceptors (Lipinski definition) is 3. The van der Waals surface area contributed by atoms with Gasteiger partial charge in [0.25, 0.3) is 0 Å². The van der Waals surface area contributed by atoms with Crippen LogP contribution in [0.15, 0.2) is 0 Å². The van der Waals surface area contributed by atoms with E-state index in [0.717, 1.165) is 0 Å². The highest BCUT2D eigenvalue weighted by molar-refractivity contribution is 5.86. The number of amides is 1. The Bertz CT molecular complexity index is 250. The van der Waals surface area contributed by atoms with Crippen molar-refractivity contribution >= 4 is 11.9 Å². The number of carboxylic acid groups (broad SMARTS) is 1. The molecular weight excluding hydrogens is 186 g/mol. The molecule has 1 saturated heterocycles. The van der Waals surface area contributed by atoms with Crippen LogP contribution in [-0.2, 0) is 14.3 Å². The van der Waals surface area contributed by atoms with E-state index in [-0.39, 0.29) is 21.2 Å². The maximum atomic E-state index is 11.4. The van der Waals surface area contributed by atoms with Crippen LogP contribution >= 0.6 is 0 Å². The lowest BCUT2D eigenvalue weighted by atomic mass is 10.1. The van der Waals surface area contributed by atoms with Gasteiger partial charge in [0.2, 0.25) is 5.91 Å². The number of ether oxygens (including phenoxy) is 1. The Morgan fingerprint density at radius 3 is 2.93 bits per heavy atom. The van der Waals surface area contributed by atoms with Gasteiger partial charge < -0.3 is 14.7 Å². The van der Waals surface area contributed by atoms with Crippen molar-refractivity contribution in [3.63, 3.8) is 0 Å². The zero-order valence-electron chi connectivity index (χ0n) is 8.40. The molecule has 1 aliphatic rings. The summed E-state index contributed by atoms with van der Waals surface area (Å²) in [5.41, 5.74) is 0. The Hall–Kier alpha value is -1.10. The van der Waals surface area contributed by atoms with Crippen LogP contribution in [-0.4, -0.2) is 48.2 Å². The summed E-state index contributed by atoms with van der Waals surface area (Å²) in [4.78, 5) is 23.6. The molecule has 5 nitrogen and oxygen atoms in total. The molecule has 1 amide bonds. The number of carboxylic acids is 1. The lowest BCUT2D eigenvalue weighted by molar-refractivity contribution is -0.141. The molecule has 0 aliphatic carbocycles. The predicted molar refractivity (Wildman–Crippen MR) is 53.0 cm³/mol. The molecule has 0 saturated carbocycles. The van der Waals surface area contributed by atoms with Crippen molar-refractivity contribution in [3.05, 3.63) is 0 Å². The monoisotopic (exact) mass is 205 g/mol. The third kappa shape index (κ3) is 2.23. The Morgan fingerprint density at radius 1 is 1.86 bits per heavy atom. The van der Waals surface area contributed by atoms with Gasteiger partial charge in [-0.15, -0.1) is 0 Å². The van der Waals surface area contributed by atoms with Crippen LogP contribution in [0.1, 0.15) is 16.2 Å². The molecule has 0 spiro atoms. The molecule has 14 heavy (non-hydrogen) atoms. The number of rotatable bonds is 4. The average molecular weight is 205 g/mol. The Morgan fingerprint density at radius 2 is 2.50 bits per heavy atom. The third-order valence-electron chi connectivity index (χ3n) is 2.45. The summed E-state index contributed by atoms with van der Waals surface area (Å²) in [6, 6.07) is -0.0446. The first-order valence-electron chi connectivity index (χ1n) is 4.57. The summed E-state index contributed by atoms with van der Waals surface area (Å²) in [5.74, 6) is -1.55. The van der Waals surface area contributed by atoms with Gasteiger partial charge in [-0.1, -0.05) is 0 Å². The van der Waals surface area contributed by atoms with Gasteiger partial charge in [0.05, 0.1) is 18.6 Å². The normalized spacial score (nSPS) is 24.0. The summed E-state index contributed by atoms with van der Waals surface area (Å²) in [6.45, 7) is 2.60. The van der Waals surface area contributed by atoms with Gasteiger partial charge in [-0.25, -0.2) is 0 Å². The second-order valence-corrected chi connectivity index (χ2v) is 3.59. The highest BCUT2D eigenvalue weighted by Crippen LogP contribution is 2.20. The van der Waals surface area contributed by atoms with Gasteiger partial charge >= 0.3 is 5.97 Å². The van der Waals surface area contributed by atoms with Crippen LogP contribution in [0, 0.1) is 5.92 Å². The van der Waals surface area contributed by atoms with Crippen LogP contribution in [0.25, 0.3) is 0 Å². The van der Waals surface area contributed by atoms with E-state index >= 15 is 0 Å². The molecule has 0 radical (unpaired) electrons. The van der Waals surface area contributed by atoms with Crippen molar-refractivity contribution in [2.45, 2.75) is 19.4 Å². The Balaban J connectivity index is 0. The van der Waals surface area contributed by atoms with Gasteiger partial charge in [0.15, 0.2) is 0 Å². The maximum Gasteiger partial charge on any atom is 0.308 e. The van der Waals surface area contributed by atoms with Gasteiger partial charge in [-0.05, 0) is 6.92 Å². The van der Waals surface area contributed by atoms with Gasteiger partial charge in [0.1, 0.15) is 0 Å². The largest absolute Gasteiger partial charge is 0.481 e. The number of nitrogens with zero attached hydrogens (tertiary/aromatic N) is 1. The smallest absolute Gasteiger partial charge is 0.308 e. The molecule has 1 N–H and O–H groups in total. The molecule has 5 heteroatoms. The van der Waals surface area contributed by atoms with Crippen molar-refractivity contribution in [2.75, 3.05) is 20.3 Å². The highest BCUT2D eigenvalue weighted by atomic mass is 16.5. The van der Waals surface area contributed by atoms with E-state index in [4.69, 9.17) is 9.84 Å². The van der Waals surface area contributed by atoms with E-state index in [1.54, 1.807) is 12.0 Å². The second kappa shape index (κ2) is 4.41. The van der Waals surface area contributed by atoms with Crippen LogP contribution < -0.4 is 0 Å². The molecule has 2 atom stereocenters. The SMILES string of the molecule is COCC(C)N1CC(C(=O)O)CC1=O.[HH].[HH]. The van der Waals surface area contributed by atoms with Crippen molar-refractivity contribution in [1.82, 2.24) is 4.90 Å². The topological polar surface area (TPSA) is 66.8 Å². The van der Waals surface area contributed by atoms with E-state index in [0.29, 0.717) is 13.2 Å². The van der Waals surface area contributed by atoms with Crippen LogP contribution in [0.5, 0.6) is 0 Å². The van der Waals surface area contributed by atoms with Crippen molar-refractivity contribution in [1.29, 1.82) is 0 Å². The number of hydrogen-bond donors (Lipinski definition) is 1. The van der Waals surface area contributed by atoms with Crippen LogP contribution in [0.4, 0.5) is 0 Å². The lowest BCUT2D eigenvalue weighted by Gasteiger charge is -2.23. The highest BCUT2D eigenvalue weighted by Gasteiger charge is 2.36. The van der Waals surface area contributed by atoms with E-state index in [1.165, 1.54) is 0 Å². The number of methoxy groups -OCH3 is 1. The molecule has 84 valence electrons. The third-order valence-corrected chi connectivity index (χ3v) is 2.45. The minimum atomic E-state index is -0.898. The quantitative estimate of drug-likeness (QED) is 0.723. The molecule has 1 fully saturated rings. The molecule has 1 aliphatic heterocycles. The standard InChI is InChI=1S/C9H15NO4.2H2/c1-6(5-14-2)10-4-7(9(12)13)3-8(10)11;;/h6-7H,3-5H2,1-2H3,(H,12,13);2*1H. The maximum absolute atomic E-state index is 11.4. The molecule has 2 unspecified atom stereocenters. The molecule has 0 aromatic heterocycles. The van der Waals surface area contributed by atoms with E-state index in [9.17, 15) is 9.59 Å². The van der Waals surface area contributed by atoms with Crippen LogP contribution in [0.2, 0.25) is 0 Å². The molecule has 0 aromatic rings. The zero-order chi connectivity index (χ0) is 10.7. The zero-order valence-corrected chi connectivity index (χ0v) is 8.40. The molecule has 0 aromatic carbocycles. The summed E-state index contributed by atoms with van der Waals surface area (Å²) in [5, 5.41) is 8.75. The summed E-state index contributed by atoms with van der Waals surface area (Å²) >= 11 is 0. The van der Waals surface area contributed by atoms with Crippen LogP contribution in [0.3, 0.4) is 0 Å². The molecule has 1 heterocycles. The molecule has 1 rings (SSSR count). The minimum Gasteiger partial charge on any atom is -0.481 e. The summed E-state index contributed by atoms with van der Waals surface area (Å²) in [7, 11) is 1.56. The van der Waals surface area contributed by atoms with E-state index in [2.05, 4.69) is 0 Å². The lowest BCUT2D eigenvalue weighted by Crippen LogP contribution is -2.37. The fourth-order valence-electron chi connectivity index (χ4n) is 1.65. The van der Waals surface area contributed by atoms with E-state index in [1.807, 2.05) is 6.92 Å². The number of likely N-dealkylation sites (tertiary alicyclic amines) is 1. The average Bonchev–Trinajstić information content (AvgIpc) is 2.48. The Kier molecular flexibility index (Phi) is 3.46. The Labute approximate surface area is 85.6 Å². The van der Waals surface area contributed by atoms with Gasteiger partial charge in [0, 0.05) is 22.9 Å².